The molecule has 0 fully saturated rings. The second-order valence-corrected chi connectivity index (χ2v) is 2.81. The Morgan fingerprint density at radius 3 is 3.21 bits per heavy atom. The highest BCUT2D eigenvalue weighted by atomic mass is 16.3. The molecule has 0 spiro atoms. The minimum absolute atomic E-state index is 0.737. The number of furan rings is 1. The highest BCUT2D eigenvalue weighted by Crippen LogP contribution is 2.31. The number of fused-ring (bicyclic) bond motifs is 1. The molecular weight excluding hydrogens is 178 g/mol. The van der Waals surface area contributed by atoms with Gasteiger partial charge in [0.05, 0.1) is 6.20 Å². The average molecular weight is 187 g/mol. The molecule has 2 aromatic rings. The largest absolute Gasteiger partial charge is 0.457 e. The zero-order valence-electron chi connectivity index (χ0n) is 7.77. The Bertz CT molecular complexity index is 499. The van der Waals surface area contributed by atoms with E-state index in [2.05, 4.69) is 21.7 Å². The molecule has 0 aliphatic heterocycles. The van der Waals surface area contributed by atoms with E-state index >= 15 is 0 Å². The first-order valence-electron chi connectivity index (χ1n) is 4.14. The SMILES string of the molecule is C=N/C=N\c1c(C)oc2cnccc12. The van der Waals surface area contributed by atoms with Crippen LogP contribution in [0.5, 0.6) is 0 Å². The van der Waals surface area contributed by atoms with Gasteiger partial charge in [0.25, 0.3) is 0 Å². The van der Waals surface area contributed by atoms with E-state index in [1.807, 2.05) is 13.0 Å². The predicted molar refractivity (Wildman–Crippen MR) is 56.4 cm³/mol. The second kappa shape index (κ2) is 3.41. The summed E-state index contributed by atoms with van der Waals surface area (Å²) >= 11 is 0. The fourth-order valence-electron chi connectivity index (χ4n) is 1.32. The summed E-state index contributed by atoms with van der Waals surface area (Å²) in [6.07, 6.45) is 4.78. The van der Waals surface area contributed by atoms with Gasteiger partial charge in [0.2, 0.25) is 0 Å². The van der Waals surface area contributed by atoms with Crippen molar-refractivity contribution in [3.05, 3.63) is 24.2 Å². The lowest BCUT2D eigenvalue weighted by atomic mass is 10.2. The molecule has 0 saturated heterocycles. The van der Waals surface area contributed by atoms with Crippen molar-refractivity contribution in [1.29, 1.82) is 0 Å². The highest BCUT2D eigenvalue weighted by Gasteiger charge is 2.08. The van der Waals surface area contributed by atoms with Gasteiger partial charge in [-0.2, -0.15) is 0 Å². The van der Waals surface area contributed by atoms with Crippen LogP contribution in [0.3, 0.4) is 0 Å². The smallest absolute Gasteiger partial charge is 0.154 e. The summed E-state index contributed by atoms with van der Waals surface area (Å²) in [6, 6.07) is 1.86. The number of aryl methyl sites for hydroxylation is 1. The van der Waals surface area contributed by atoms with E-state index in [1.54, 1.807) is 12.4 Å². The summed E-state index contributed by atoms with van der Waals surface area (Å²) in [7, 11) is 0. The van der Waals surface area contributed by atoms with Crippen molar-refractivity contribution in [2.24, 2.45) is 9.98 Å². The Labute approximate surface area is 81.0 Å². The van der Waals surface area contributed by atoms with Gasteiger partial charge in [-0.1, -0.05) is 0 Å². The van der Waals surface area contributed by atoms with E-state index in [-0.39, 0.29) is 0 Å². The van der Waals surface area contributed by atoms with Crippen molar-refractivity contribution >= 4 is 29.7 Å². The van der Waals surface area contributed by atoms with Crippen molar-refractivity contribution in [2.75, 3.05) is 0 Å². The number of nitrogens with zero attached hydrogens (tertiary/aromatic N) is 3. The normalized spacial score (nSPS) is 11.2. The van der Waals surface area contributed by atoms with Gasteiger partial charge in [-0.05, 0) is 19.7 Å². The van der Waals surface area contributed by atoms with Crippen LogP contribution >= 0.6 is 0 Å². The molecule has 0 atom stereocenters. The first kappa shape index (κ1) is 8.62. The van der Waals surface area contributed by atoms with Crippen molar-refractivity contribution < 1.29 is 4.42 Å². The lowest BCUT2D eigenvalue weighted by Gasteiger charge is -1.87. The molecular formula is C10H9N3O. The van der Waals surface area contributed by atoms with Crippen LogP contribution in [0.1, 0.15) is 5.76 Å². The molecule has 0 bridgehead atoms. The lowest BCUT2D eigenvalue weighted by molar-refractivity contribution is 0.578. The molecule has 14 heavy (non-hydrogen) atoms. The van der Waals surface area contributed by atoms with E-state index in [9.17, 15) is 0 Å². The second-order valence-electron chi connectivity index (χ2n) is 2.81. The highest BCUT2D eigenvalue weighted by molar-refractivity contribution is 5.91. The Balaban J connectivity index is 2.67. The molecule has 0 aliphatic rings. The molecule has 0 aromatic carbocycles. The van der Waals surface area contributed by atoms with Crippen molar-refractivity contribution in [3.8, 4) is 0 Å². The maximum Gasteiger partial charge on any atom is 0.154 e. The Morgan fingerprint density at radius 1 is 1.57 bits per heavy atom. The van der Waals surface area contributed by atoms with Crippen molar-refractivity contribution in [1.82, 2.24) is 4.98 Å². The average Bonchev–Trinajstić information content (AvgIpc) is 2.51. The Kier molecular flexibility index (Phi) is 2.10. The van der Waals surface area contributed by atoms with Crippen LogP contribution in [0.2, 0.25) is 0 Å². The molecule has 0 N–H and O–H groups in total. The van der Waals surface area contributed by atoms with Gasteiger partial charge in [-0.25, -0.2) is 4.99 Å². The topological polar surface area (TPSA) is 50.8 Å². The van der Waals surface area contributed by atoms with Gasteiger partial charge in [0, 0.05) is 11.6 Å². The molecule has 0 aliphatic carbocycles. The zero-order chi connectivity index (χ0) is 9.97. The third kappa shape index (κ3) is 1.31. The molecule has 0 radical (unpaired) electrons. The minimum Gasteiger partial charge on any atom is -0.457 e. The quantitative estimate of drug-likeness (QED) is 0.535. The molecule has 70 valence electrons. The molecule has 2 heterocycles. The van der Waals surface area contributed by atoms with E-state index in [4.69, 9.17) is 4.42 Å². The first-order chi connectivity index (χ1) is 6.83. The predicted octanol–water partition coefficient (Wildman–Crippen LogP) is 2.50. The van der Waals surface area contributed by atoms with Crippen LogP contribution in [0.15, 0.2) is 32.9 Å². The summed E-state index contributed by atoms with van der Waals surface area (Å²) in [4.78, 5) is 11.7. The van der Waals surface area contributed by atoms with Crippen molar-refractivity contribution in [3.63, 3.8) is 0 Å². The number of hydrogen-bond acceptors (Lipinski definition) is 3. The monoisotopic (exact) mass is 187 g/mol. The van der Waals surface area contributed by atoms with Crippen molar-refractivity contribution in [2.45, 2.75) is 6.92 Å². The number of rotatable bonds is 2. The third-order valence-electron chi connectivity index (χ3n) is 1.90. The van der Waals surface area contributed by atoms with Gasteiger partial charge in [0.15, 0.2) is 5.58 Å². The van der Waals surface area contributed by atoms with E-state index < -0.39 is 0 Å². The van der Waals surface area contributed by atoms with E-state index in [0.717, 1.165) is 22.4 Å². The van der Waals surface area contributed by atoms with Gasteiger partial charge >= 0.3 is 0 Å². The molecule has 0 unspecified atom stereocenters. The summed E-state index contributed by atoms with van der Waals surface area (Å²) in [5, 5.41) is 0.942. The molecule has 0 saturated carbocycles. The van der Waals surface area contributed by atoms with Gasteiger partial charge < -0.3 is 4.42 Å². The summed E-state index contributed by atoms with van der Waals surface area (Å²) in [6.45, 7) is 5.18. The fourth-order valence-corrected chi connectivity index (χ4v) is 1.32. The van der Waals surface area contributed by atoms with Gasteiger partial charge in [-0.3, -0.25) is 9.98 Å². The molecule has 0 amide bonds. The third-order valence-corrected chi connectivity index (χ3v) is 1.90. The first-order valence-corrected chi connectivity index (χ1v) is 4.14. The molecule has 4 heteroatoms. The molecule has 2 rings (SSSR count). The maximum absolute atomic E-state index is 5.46. The zero-order valence-corrected chi connectivity index (χ0v) is 7.77. The van der Waals surface area contributed by atoms with E-state index in [0.29, 0.717) is 0 Å². The summed E-state index contributed by atoms with van der Waals surface area (Å²) in [5.74, 6) is 0.757. The Morgan fingerprint density at radius 2 is 2.43 bits per heavy atom. The number of aromatic nitrogens is 1. The van der Waals surface area contributed by atoms with Gasteiger partial charge in [0.1, 0.15) is 17.8 Å². The summed E-state index contributed by atoms with van der Waals surface area (Å²) in [5.41, 5.74) is 1.52. The van der Waals surface area contributed by atoms with Crippen LogP contribution in [0.4, 0.5) is 5.69 Å². The molecule has 2 aromatic heterocycles. The Hall–Kier alpha value is -1.97. The van der Waals surface area contributed by atoms with Crippen LogP contribution in [-0.4, -0.2) is 18.0 Å². The number of hydrogen-bond donors (Lipinski definition) is 0. The number of aliphatic imine (C=N–C) groups is 2. The maximum atomic E-state index is 5.46. The fraction of sp³-hybridized carbons (Fsp3) is 0.100. The standard InChI is InChI=1S/C10H9N3O/c1-7-10(13-6-11-2)8-3-4-12-5-9(8)14-7/h3-6H,2H2,1H3/b13-6-. The van der Waals surface area contributed by atoms with Crippen LogP contribution in [0, 0.1) is 6.92 Å². The summed E-state index contributed by atoms with van der Waals surface area (Å²) < 4.78 is 5.46. The van der Waals surface area contributed by atoms with Gasteiger partial charge in [-0.15, -0.1) is 0 Å². The van der Waals surface area contributed by atoms with Crippen LogP contribution in [0.25, 0.3) is 11.0 Å². The lowest BCUT2D eigenvalue weighted by Crippen LogP contribution is -1.69. The van der Waals surface area contributed by atoms with E-state index in [1.165, 1.54) is 6.34 Å². The van der Waals surface area contributed by atoms with Crippen LogP contribution < -0.4 is 0 Å². The molecule has 4 nitrogen and oxygen atoms in total. The minimum atomic E-state index is 0.737. The van der Waals surface area contributed by atoms with Crippen LogP contribution in [-0.2, 0) is 0 Å². The number of pyridine rings is 1.